The molecule has 0 aliphatic heterocycles. The average molecular weight is 335 g/mol. The summed E-state index contributed by atoms with van der Waals surface area (Å²) >= 11 is 0. The third kappa shape index (κ3) is 3.15. The van der Waals surface area contributed by atoms with Crippen LogP contribution >= 0.6 is 0 Å². The van der Waals surface area contributed by atoms with Crippen molar-refractivity contribution in [1.29, 1.82) is 0 Å². The van der Waals surface area contributed by atoms with Gasteiger partial charge in [0, 0.05) is 11.6 Å². The average Bonchev–Trinajstić information content (AvgIpc) is 3.28. The maximum atomic E-state index is 5.86. The monoisotopic (exact) mass is 335 g/mol. The van der Waals surface area contributed by atoms with Crippen LogP contribution in [0.3, 0.4) is 0 Å². The Kier molecular flexibility index (Phi) is 4.24. The van der Waals surface area contributed by atoms with E-state index in [-0.39, 0.29) is 0 Å². The summed E-state index contributed by atoms with van der Waals surface area (Å²) in [6.45, 7) is 0.641. The summed E-state index contributed by atoms with van der Waals surface area (Å²) in [5.74, 6) is 1.98. The lowest BCUT2D eigenvalue weighted by Gasteiger charge is -2.23. The predicted octanol–water partition coefficient (Wildman–Crippen LogP) is 3.86. The maximum absolute atomic E-state index is 5.86. The first-order valence-corrected chi connectivity index (χ1v) is 8.49. The summed E-state index contributed by atoms with van der Waals surface area (Å²) in [6, 6.07) is 16.7. The van der Waals surface area contributed by atoms with Crippen molar-refractivity contribution in [3.8, 4) is 17.2 Å². The summed E-state index contributed by atoms with van der Waals surface area (Å²) in [5.41, 5.74) is 3.76. The molecular weight excluding hydrogens is 314 g/mol. The van der Waals surface area contributed by atoms with Crippen LogP contribution in [0.15, 0.2) is 52.9 Å². The first kappa shape index (κ1) is 15.8. The van der Waals surface area contributed by atoms with Crippen LogP contribution in [0.2, 0.25) is 0 Å². The van der Waals surface area contributed by atoms with Gasteiger partial charge < -0.3 is 9.15 Å². The van der Waals surface area contributed by atoms with E-state index in [0.717, 1.165) is 24.2 Å². The zero-order chi connectivity index (χ0) is 17.2. The number of benzene rings is 2. The van der Waals surface area contributed by atoms with Gasteiger partial charge in [0.2, 0.25) is 11.8 Å². The van der Waals surface area contributed by atoms with Crippen molar-refractivity contribution < 1.29 is 9.15 Å². The Morgan fingerprint density at radius 1 is 1.12 bits per heavy atom. The highest BCUT2D eigenvalue weighted by molar-refractivity contribution is 5.53. The van der Waals surface area contributed by atoms with E-state index in [0.29, 0.717) is 24.4 Å². The van der Waals surface area contributed by atoms with Crippen molar-refractivity contribution in [3.63, 3.8) is 0 Å². The highest BCUT2D eigenvalue weighted by atomic mass is 16.5. The van der Waals surface area contributed by atoms with Gasteiger partial charge >= 0.3 is 0 Å². The van der Waals surface area contributed by atoms with Crippen LogP contribution in [0, 0.1) is 0 Å². The normalized spacial score (nSPS) is 16.2. The zero-order valence-electron chi connectivity index (χ0n) is 14.5. The molecule has 3 aromatic rings. The minimum atomic E-state index is 0.410. The standard InChI is InChI=1S/C20H21N3O2/c1-23(18-12-9-14-5-3-4-6-17(14)18)13-19-21-22-20(25-19)15-7-10-16(24-2)11-8-15/h3-8,10-11,18H,9,12-13H2,1-2H3. The van der Waals surface area contributed by atoms with Crippen molar-refractivity contribution in [3.05, 3.63) is 65.5 Å². The second-order valence-electron chi connectivity index (χ2n) is 6.40. The molecular formula is C20H21N3O2. The van der Waals surface area contributed by atoms with Gasteiger partial charge in [-0.2, -0.15) is 0 Å². The molecule has 0 saturated carbocycles. The molecule has 0 saturated heterocycles. The Labute approximate surface area is 147 Å². The highest BCUT2D eigenvalue weighted by Gasteiger charge is 2.26. The lowest BCUT2D eigenvalue weighted by molar-refractivity contribution is 0.214. The summed E-state index contributed by atoms with van der Waals surface area (Å²) in [7, 11) is 3.76. The molecule has 0 N–H and O–H groups in total. The van der Waals surface area contributed by atoms with E-state index in [1.54, 1.807) is 7.11 Å². The molecule has 0 spiro atoms. The molecule has 0 amide bonds. The van der Waals surface area contributed by atoms with Gasteiger partial charge in [-0.1, -0.05) is 24.3 Å². The molecule has 5 heteroatoms. The number of aryl methyl sites for hydroxylation is 1. The van der Waals surface area contributed by atoms with E-state index in [4.69, 9.17) is 9.15 Å². The number of hydrogen-bond donors (Lipinski definition) is 0. The van der Waals surface area contributed by atoms with Crippen molar-refractivity contribution >= 4 is 0 Å². The number of rotatable bonds is 5. The smallest absolute Gasteiger partial charge is 0.247 e. The Hall–Kier alpha value is -2.66. The van der Waals surface area contributed by atoms with Gasteiger partial charge in [0.1, 0.15) is 5.75 Å². The number of ether oxygens (including phenoxy) is 1. The Balaban J connectivity index is 1.47. The van der Waals surface area contributed by atoms with Crippen LogP contribution in [0.25, 0.3) is 11.5 Å². The van der Waals surface area contributed by atoms with Crippen LogP contribution in [-0.2, 0) is 13.0 Å². The summed E-state index contributed by atoms with van der Waals surface area (Å²) in [4.78, 5) is 2.29. The molecule has 1 aliphatic rings. The molecule has 0 radical (unpaired) electrons. The molecule has 25 heavy (non-hydrogen) atoms. The first-order chi connectivity index (χ1) is 12.2. The van der Waals surface area contributed by atoms with Crippen molar-refractivity contribution in [2.75, 3.05) is 14.2 Å². The quantitative estimate of drug-likeness (QED) is 0.708. The number of fused-ring (bicyclic) bond motifs is 1. The number of hydrogen-bond acceptors (Lipinski definition) is 5. The predicted molar refractivity (Wildman–Crippen MR) is 95.3 cm³/mol. The van der Waals surface area contributed by atoms with E-state index in [9.17, 15) is 0 Å². The van der Waals surface area contributed by atoms with Crippen LogP contribution < -0.4 is 4.74 Å². The second-order valence-corrected chi connectivity index (χ2v) is 6.40. The van der Waals surface area contributed by atoms with Crippen molar-refractivity contribution in [1.82, 2.24) is 15.1 Å². The fraction of sp³-hybridized carbons (Fsp3) is 0.300. The van der Waals surface area contributed by atoms with E-state index < -0.39 is 0 Å². The summed E-state index contributed by atoms with van der Waals surface area (Å²) < 4.78 is 11.0. The zero-order valence-corrected chi connectivity index (χ0v) is 14.5. The van der Waals surface area contributed by atoms with Gasteiger partial charge in [-0.3, -0.25) is 4.90 Å². The number of nitrogens with zero attached hydrogens (tertiary/aromatic N) is 3. The SMILES string of the molecule is COc1ccc(-c2nnc(CN(C)C3CCc4ccccc43)o2)cc1. The Morgan fingerprint density at radius 2 is 1.92 bits per heavy atom. The minimum absolute atomic E-state index is 0.410. The third-order valence-corrected chi connectivity index (χ3v) is 4.82. The molecule has 128 valence electrons. The molecule has 2 aromatic carbocycles. The number of methoxy groups -OCH3 is 1. The highest BCUT2D eigenvalue weighted by Crippen LogP contribution is 2.35. The van der Waals surface area contributed by atoms with Gasteiger partial charge in [0.25, 0.3) is 0 Å². The van der Waals surface area contributed by atoms with Gasteiger partial charge in [0.15, 0.2) is 0 Å². The van der Waals surface area contributed by atoms with Crippen molar-refractivity contribution in [2.45, 2.75) is 25.4 Å². The van der Waals surface area contributed by atoms with Gasteiger partial charge in [-0.25, -0.2) is 0 Å². The molecule has 1 heterocycles. The lowest BCUT2D eigenvalue weighted by Crippen LogP contribution is -2.22. The molecule has 1 atom stereocenters. The molecule has 0 bridgehead atoms. The Morgan fingerprint density at radius 3 is 2.72 bits per heavy atom. The summed E-state index contributed by atoms with van der Waals surface area (Å²) in [5, 5.41) is 8.39. The topological polar surface area (TPSA) is 51.4 Å². The fourth-order valence-corrected chi connectivity index (χ4v) is 3.48. The maximum Gasteiger partial charge on any atom is 0.247 e. The first-order valence-electron chi connectivity index (χ1n) is 8.49. The minimum Gasteiger partial charge on any atom is -0.497 e. The van der Waals surface area contributed by atoms with Gasteiger partial charge in [-0.05, 0) is 55.3 Å². The second kappa shape index (κ2) is 6.69. The molecule has 1 unspecified atom stereocenters. The van der Waals surface area contributed by atoms with Crippen LogP contribution in [-0.4, -0.2) is 29.3 Å². The van der Waals surface area contributed by atoms with Crippen LogP contribution in [0.4, 0.5) is 0 Å². The fourth-order valence-electron chi connectivity index (χ4n) is 3.48. The van der Waals surface area contributed by atoms with Crippen LogP contribution in [0.1, 0.15) is 29.5 Å². The largest absolute Gasteiger partial charge is 0.497 e. The lowest BCUT2D eigenvalue weighted by atomic mass is 10.1. The van der Waals surface area contributed by atoms with E-state index in [2.05, 4.69) is 46.4 Å². The van der Waals surface area contributed by atoms with E-state index >= 15 is 0 Å². The van der Waals surface area contributed by atoms with Crippen LogP contribution in [0.5, 0.6) is 5.75 Å². The van der Waals surface area contributed by atoms with Gasteiger partial charge in [-0.15, -0.1) is 10.2 Å². The molecule has 0 fully saturated rings. The molecule has 4 rings (SSSR count). The van der Waals surface area contributed by atoms with Gasteiger partial charge in [0.05, 0.1) is 13.7 Å². The van der Waals surface area contributed by atoms with E-state index in [1.165, 1.54) is 11.1 Å². The molecule has 1 aliphatic carbocycles. The Bertz CT molecular complexity index is 857. The molecule has 5 nitrogen and oxygen atoms in total. The number of aromatic nitrogens is 2. The van der Waals surface area contributed by atoms with Crippen molar-refractivity contribution in [2.24, 2.45) is 0 Å². The molecule has 1 aromatic heterocycles. The summed E-state index contributed by atoms with van der Waals surface area (Å²) in [6.07, 6.45) is 2.27. The third-order valence-electron chi connectivity index (χ3n) is 4.82. The van der Waals surface area contributed by atoms with E-state index in [1.807, 2.05) is 24.3 Å².